The molecule has 16 heavy (non-hydrogen) atoms. The summed E-state index contributed by atoms with van der Waals surface area (Å²) in [6.07, 6.45) is 0.851. The second kappa shape index (κ2) is 5.01. The van der Waals surface area contributed by atoms with Gasteiger partial charge in [0.2, 0.25) is 0 Å². The summed E-state index contributed by atoms with van der Waals surface area (Å²) in [6, 6.07) is 10.4. The SMILES string of the molecule is CCOC(=O)N1CCC(c2ccccc2)C1. The van der Waals surface area contributed by atoms with Gasteiger partial charge in [-0.2, -0.15) is 0 Å². The zero-order valence-corrected chi connectivity index (χ0v) is 9.56. The molecule has 1 fully saturated rings. The number of likely N-dealkylation sites (tertiary alicyclic amines) is 1. The number of amides is 1. The van der Waals surface area contributed by atoms with E-state index in [0.717, 1.165) is 19.5 Å². The van der Waals surface area contributed by atoms with Crippen LogP contribution in [0.25, 0.3) is 0 Å². The van der Waals surface area contributed by atoms with E-state index in [1.54, 1.807) is 4.90 Å². The molecule has 1 aromatic carbocycles. The number of benzene rings is 1. The Morgan fingerprint density at radius 2 is 2.19 bits per heavy atom. The van der Waals surface area contributed by atoms with E-state index in [1.165, 1.54) is 5.56 Å². The average molecular weight is 219 g/mol. The summed E-state index contributed by atoms with van der Waals surface area (Å²) in [5, 5.41) is 0. The normalized spacial score (nSPS) is 19.8. The minimum absolute atomic E-state index is 0.180. The van der Waals surface area contributed by atoms with Crippen molar-refractivity contribution in [1.29, 1.82) is 0 Å². The molecule has 1 aliphatic rings. The molecule has 1 unspecified atom stereocenters. The van der Waals surface area contributed by atoms with Gasteiger partial charge < -0.3 is 9.64 Å². The van der Waals surface area contributed by atoms with E-state index in [1.807, 2.05) is 25.1 Å². The minimum atomic E-state index is -0.180. The molecule has 1 aliphatic heterocycles. The molecule has 0 saturated carbocycles. The molecule has 0 radical (unpaired) electrons. The van der Waals surface area contributed by atoms with Gasteiger partial charge >= 0.3 is 6.09 Å². The second-order valence-corrected chi connectivity index (χ2v) is 4.04. The van der Waals surface area contributed by atoms with Crippen molar-refractivity contribution in [1.82, 2.24) is 4.90 Å². The molecule has 1 amide bonds. The molecule has 2 rings (SSSR count). The highest BCUT2D eigenvalue weighted by Crippen LogP contribution is 2.27. The molecule has 1 atom stereocenters. The molecule has 0 aromatic heterocycles. The third kappa shape index (κ3) is 2.35. The van der Waals surface area contributed by atoms with Crippen molar-refractivity contribution >= 4 is 6.09 Å². The minimum Gasteiger partial charge on any atom is -0.450 e. The molecule has 86 valence electrons. The first kappa shape index (κ1) is 11.0. The highest BCUT2D eigenvalue weighted by molar-refractivity contribution is 5.68. The predicted molar refractivity (Wildman–Crippen MR) is 62.4 cm³/mol. The van der Waals surface area contributed by atoms with Gasteiger partial charge in [-0.1, -0.05) is 30.3 Å². The Morgan fingerprint density at radius 3 is 2.88 bits per heavy atom. The van der Waals surface area contributed by atoms with Crippen molar-refractivity contribution in [3.05, 3.63) is 35.9 Å². The molecule has 0 spiro atoms. The Morgan fingerprint density at radius 1 is 1.44 bits per heavy atom. The zero-order chi connectivity index (χ0) is 11.4. The van der Waals surface area contributed by atoms with Gasteiger partial charge in [0.25, 0.3) is 0 Å². The maximum absolute atomic E-state index is 11.5. The number of carbonyl (C=O) groups is 1. The van der Waals surface area contributed by atoms with Crippen molar-refractivity contribution in [2.45, 2.75) is 19.3 Å². The van der Waals surface area contributed by atoms with Crippen LogP contribution in [0.1, 0.15) is 24.8 Å². The lowest BCUT2D eigenvalue weighted by molar-refractivity contribution is 0.115. The summed E-state index contributed by atoms with van der Waals surface area (Å²) in [4.78, 5) is 13.3. The standard InChI is InChI=1S/C13H17NO2/c1-2-16-13(15)14-9-8-12(10-14)11-6-4-3-5-7-11/h3-7,12H,2,8-10H2,1H3. The van der Waals surface area contributed by atoms with E-state index in [0.29, 0.717) is 12.5 Å². The van der Waals surface area contributed by atoms with Gasteiger partial charge in [0, 0.05) is 19.0 Å². The van der Waals surface area contributed by atoms with E-state index >= 15 is 0 Å². The molecule has 1 saturated heterocycles. The third-order valence-electron chi connectivity index (χ3n) is 2.99. The molecular weight excluding hydrogens is 202 g/mol. The highest BCUT2D eigenvalue weighted by Gasteiger charge is 2.27. The number of ether oxygens (including phenoxy) is 1. The van der Waals surface area contributed by atoms with Gasteiger partial charge in [-0.05, 0) is 18.9 Å². The van der Waals surface area contributed by atoms with Crippen LogP contribution in [0.4, 0.5) is 4.79 Å². The fourth-order valence-corrected chi connectivity index (χ4v) is 2.14. The number of hydrogen-bond donors (Lipinski definition) is 0. The molecule has 3 nitrogen and oxygen atoms in total. The molecule has 0 bridgehead atoms. The third-order valence-corrected chi connectivity index (χ3v) is 2.99. The maximum atomic E-state index is 11.5. The van der Waals surface area contributed by atoms with E-state index in [-0.39, 0.29) is 6.09 Å². The molecule has 0 N–H and O–H groups in total. The Labute approximate surface area is 96.0 Å². The number of carbonyl (C=O) groups excluding carboxylic acids is 1. The van der Waals surface area contributed by atoms with Crippen LogP contribution in [0.2, 0.25) is 0 Å². The van der Waals surface area contributed by atoms with Crippen LogP contribution in [-0.2, 0) is 4.74 Å². The predicted octanol–water partition coefficient (Wildman–Crippen LogP) is 2.63. The fourth-order valence-electron chi connectivity index (χ4n) is 2.14. The lowest BCUT2D eigenvalue weighted by Crippen LogP contribution is -2.29. The summed E-state index contributed by atoms with van der Waals surface area (Å²) in [6.45, 7) is 3.87. The number of nitrogens with zero attached hydrogens (tertiary/aromatic N) is 1. The molecule has 1 heterocycles. The van der Waals surface area contributed by atoms with Crippen LogP contribution in [-0.4, -0.2) is 30.7 Å². The quantitative estimate of drug-likeness (QED) is 0.765. The van der Waals surface area contributed by atoms with Gasteiger partial charge in [0.05, 0.1) is 6.61 Å². The van der Waals surface area contributed by atoms with E-state index in [4.69, 9.17) is 4.74 Å². The molecule has 3 heteroatoms. The summed E-state index contributed by atoms with van der Waals surface area (Å²) in [5.41, 5.74) is 1.31. The second-order valence-electron chi connectivity index (χ2n) is 4.04. The highest BCUT2D eigenvalue weighted by atomic mass is 16.6. The van der Waals surface area contributed by atoms with Crippen LogP contribution >= 0.6 is 0 Å². The van der Waals surface area contributed by atoms with Crippen molar-refractivity contribution in [2.75, 3.05) is 19.7 Å². The van der Waals surface area contributed by atoms with Gasteiger partial charge in [0.1, 0.15) is 0 Å². The maximum Gasteiger partial charge on any atom is 0.409 e. The number of hydrogen-bond acceptors (Lipinski definition) is 2. The summed E-state index contributed by atoms with van der Waals surface area (Å²) in [7, 11) is 0. The van der Waals surface area contributed by atoms with Gasteiger partial charge in [0.15, 0.2) is 0 Å². The van der Waals surface area contributed by atoms with Crippen molar-refractivity contribution in [3.8, 4) is 0 Å². The van der Waals surface area contributed by atoms with Crippen LogP contribution in [0, 0.1) is 0 Å². The Bertz CT molecular complexity index is 350. The van der Waals surface area contributed by atoms with Gasteiger partial charge in [-0.15, -0.1) is 0 Å². The smallest absolute Gasteiger partial charge is 0.409 e. The lowest BCUT2D eigenvalue weighted by Gasteiger charge is -2.15. The van der Waals surface area contributed by atoms with E-state index < -0.39 is 0 Å². The average Bonchev–Trinajstić information content (AvgIpc) is 2.80. The first-order valence-electron chi connectivity index (χ1n) is 5.78. The van der Waals surface area contributed by atoms with Crippen LogP contribution < -0.4 is 0 Å². The zero-order valence-electron chi connectivity index (χ0n) is 9.56. The van der Waals surface area contributed by atoms with E-state index in [9.17, 15) is 4.79 Å². The van der Waals surface area contributed by atoms with Gasteiger partial charge in [-0.3, -0.25) is 0 Å². The monoisotopic (exact) mass is 219 g/mol. The Balaban J connectivity index is 1.96. The fraction of sp³-hybridized carbons (Fsp3) is 0.462. The lowest BCUT2D eigenvalue weighted by atomic mass is 9.99. The first-order chi connectivity index (χ1) is 7.81. The Kier molecular flexibility index (Phi) is 3.44. The van der Waals surface area contributed by atoms with Crippen LogP contribution in [0.3, 0.4) is 0 Å². The van der Waals surface area contributed by atoms with Crippen molar-refractivity contribution in [2.24, 2.45) is 0 Å². The number of rotatable bonds is 2. The molecule has 1 aromatic rings. The summed E-state index contributed by atoms with van der Waals surface area (Å²) >= 11 is 0. The van der Waals surface area contributed by atoms with E-state index in [2.05, 4.69) is 12.1 Å². The van der Waals surface area contributed by atoms with Gasteiger partial charge in [-0.25, -0.2) is 4.79 Å². The molecule has 0 aliphatic carbocycles. The van der Waals surface area contributed by atoms with Crippen LogP contribution in [0.15, 0.2) is 30.3 Å². The summed E-state index contributed by atoms with van der Waals surface area (Å²) in [5.74, 6) is 0.464. The largest absolute Gasteiger partial charge is 0.450 e. The Hall–Kier alpha value is -1.51. The topological polar surface area (TPSA) is 29.5 Å². The van der Waals surface area contributed by atoms with Crippen molar-refractivity contribution < 1.29 is 9.53 Å². The van der Waals surface area contributed by atoms with Crippen LogP contribution in [0.5, 0.6) is 0 Å². The van der Waals surface area contributed by atoms with Crippen molar-refractivity contribution in [3.63, 3.8) is 0 Å². The molecular formula is C13H17NO2. The first-order valence-corrected chi connectivity index (χ1v) is 5.78. The summed E-state index contributed by atoms with van der Waals surface area (Å²) < 4.78 is 5.00.